The Bertz CT molecular complexity index is 1370. The van der Waals surface area contributed by atoms with E-state index in [2.05, 4.69) is 65.6 Å². The lowest BCUT2D eigenvalue weighted by Crippen LogP contribution is -2.34. The second-order valence-electron chi connectivity index (χ2n) is 8.49. The summed E-state index contributed by atoms with van der Waals surface area (Å²) in [5.41, 5.74) is 4.67. The van der Waals surface area contributed by atoms with Crippen LogP contribution < -0.4 is 4.90 Å². The van der Waals surface area contributed by atoms with Crippen molar-refractivity contribution < 1.29 is 8.42 Å². The lowest BCUT2D eigenvalue weighted by Gasteiger charge is -2.35. The highest BCUT2D eigenvalue weighted by molar-refractivity contribution is 7.91. The van der Waals surface area contributed by atoms with Crippen molar-refractivity contribution >= 4 is 21.1 Å². The monoisotopic (exact) mass is 465 g/mol. The van der Waals surface area contributed by atoms with Gasteiger partial charge in [-0.05, 0) is 72.9 Å². The Morgan fingerprint density at radius 3 is 2.09 bits per heavy atom. The van der Waals surface area contributed by atoms with Crippen LogP contribution in [-0.4, -0.2) is 14.5 Å². The molecule has 0 saturated heterocycles. The van der Waals surface area contributed by atoms with E-state index in [1.807, 2.05) is 24.3 Å². The molecule has 0 amide bonds. The van der Waals surface area contributed by atoms with Crippen molar-refractivity contribution in [1.82, 2.24) is 0 Å². The Kier molecular flexibility index (Phi) is 6.33. The lowest BCUT2D eigenvalue weighted by molar-refractivity contribution is 0.596. The van der Waals surface area contributed by atoms with E-state index in [0.717, 1.165) is 30.4 Å². The molecule has 5 rings (SSSR count). The van der Waals surface area contributed by atoms with Gasteiger partial charge in [0.2, 0.25) is 9.84 Å². The van der Waals surface area contributed by atoms with E-state index in [9.17, 15) is 8.42 Å². The van der Waals surface area contributed by atoms with Crippen LogP contribution in [-0.2, 0) is 9.84 Å². The predicted molar refractivity (Wildman–Crippen MR) is 139 cm³/mol. The fourth-order valence-corrected chi connectivity index (χ4v) is 5.81. The fraction of sp³-hybridized carbons (Fsp3) is 0.133. The second kappa shape index (κ2) is 9.70. The third-order valence-corrected chi connectivity index (χ3v) is 8.08. The summed E-state index contributed by atoms with van der Waals surface area (Å²) in [5, 5.41) is 0. The molecular weight excluding hydrogens is 438 g/mol. The van der Waals surface area contributed by atoms with E-state index in [0.29, 0.717) is 9.79 Å². The average molecular weight is 466 g/mol. The van der Waals surface area contributed by atoms with Crippen molar-refractivity contribution in [1.29, 1.82) is 0 Å². The van der Waals surface area contributed by atoms with Gasteiger partial charge in [-0.1, -0.05) is 78.9 Å². The third kappa shape index (κ3) is 4.55. The van der Waals surface area contributed by atoms with Crippen molar-refractivity contribution in [3.05, 3.63) is 133 Å². The summed E-state index contributed by atoms with van der Waals surface area (Å²) < 4.78 is 25.8. The zero-order valence-corrected chi connectivity index (χ0v) is 19.7. The van der Waals surface area contributed by atoms with Crippen LogP contribution in [0.5, 0.6) is 0 Å². The molecule has 3 nitrogen and oxygen atoms in total. The molecular formula is C30H27NO2S. The summed E-state index contributed by atoms with van der Waals surface area (Å²) in [7, 11) is -3.51. The van der Waals surface area contributed by atoms with Gasteiger partial charge >= 0.3 is 0 Å². The predicted octanol–water partition coefficient (Wildman–Crippen LogP) is 6.97. The molecule has 34 heavy (non-hydrogen) atoms. The van der Waals surface area contributed by atoms with Crippen LogP contribution in [0.2, 0.25) is 0 Å². The molecule has 0 spiro atoms. The summed E-state index contributed by atoms with van der Waals surface area (Å²) in [6, 6.07) is 26.6. The minimum Gasteiger partial charge on any atom is -0.338 e. The Morgan fingerprint density at radius 1 is 0.794 bits per heavy atom. The smallest absolute Gasteiger partial charge is 0.206 e. The van der Waals surface area contributed by atoms with Crippen molar-refractivity contribution in [3.63, 3.8) is 0 Å². The lowest BCUT2D eigenvalue weighted by atomic mass is 9.95. The third-order valence-electron chi connectivity index (χ3n) is 6.30. The van der Waals surface area contributed by atoms with Crippen molar-refractivity contribution in [3.8, 4) is 0 Å². The van der Waals surface area contributed by atoms with Crippen LogP contribution in [0.25, 0.3) is 5.57 Å². The molecule has 0 N–H and O–H groups in total. The minimum atomic E-state index is -3.51. The Balaban J connectivity index is 1.36. The number of allylic oxidation sites excluding steroid dienone is 6. The highest BCUT2D eigenvalue weighted by Gasteiger charge is 2.23. The quantitative estimate of drug-likeness (QED) is 0.394. The Morgan fingerprint density at radius 2 is 1.47 bits per heavy atom. The molecule has 1 unspecified atom stereocenters. The summed E-state index contributed by atoms with van der Waals surface area (Å²) in [6.45, 7) is 0. The molecule has 0 bridgehead atoms. The highest BCUT2D eigenvalue weighted by atomic mass is 32.2. The molecule has 3 aromatic rings. The molecule has 0 heterocycles. The van der Waals surface area contributed by atoms with Gasteiger partial charge in [0, 0.05) is 11.4 Å². The SMILES string of the molecule is O=S(=O)(c1ccccc1)c1ccc(C2=CCC(N(C3=CC=CCC3)c3ccccc3)C=C2)cc1. The van der Waals surface area contributed by atoms with Gasteiger partial charge in [-0.25, -0.2) is 8.42 Å². The molecule has 0 fully saturated rings. The molecule has 2 aliphatic rings. The molecule has 0 aliphatic heterocycles. The summed E-state index contributed by atoms with van der Waals surface area (Å²) in [6.07, 6.45) is 16.2. The van der Waals surface area contributed by atoms with Gasteiger partial charge in [0.1, 0.15) is 0 Å². The van der Waals surface area contributed by atoms with Gasteiger partial charge < -0.3 is 4.90 Å². The standard InChI is InChI=1S/C30H27NO2S/c32-34(33,29-14-8-3-9-15-29)30-22-18-25(19-23-30)24-16-20-28(21-17-24)31(26-10-4-1-5-11-26)27-12-6-2-7-13-27/h1-6,8-12,14-20,22-23,28H,7,13,21H2. The molecule has 0 radical (unpaired) electrons. The van der Waals surface area contributed by atoms with Gasteiger partial charge in [-0.3, -0.25) is 0 Å². The molecule has 0 aromatic heterocycles. The average Bonchev–Trinajstić information content (AvgIpc) is 2.91. The molecule has 4 heteroatoms. The van der Waals surface area contributed by atoms with E-state index in [1.54, 1.807) is 36.4 Å². The molecule has 0 saturated carbocycles. The van der Waals surface area contributed by atoms with Gasteiger partial charge in [0.05, 0.1) is 15.8 Å². The van der Waals surface area contributed by atoms with Gasteiger partial charge in [0.15, 0.2) is 0 Å². The molecule has 2 aliphatic carbocycles. The number of benzene rings is 3. The number of para-hydroxylation sites is 1. The van der Waals surface area contributed by atoms with Crippen LogP contribution in [0.4, 0.5) is 5.69 Å². The van der Waals surface area contributed by atoms with Gasteiger partial charge in [-0.2, -0.15) is 0 Å². The van der Waals surface area contributed by atoms with E-state index >= 15 is 0 Å². The number of hydrogen-bond donors (Lipinski definition) is 0. The zero-order chi connectivity index (χ0) is 23.4. The Hall–Kier alpha value is -3.63. The van der Waals surface area contributed by atoms with Crippen molar-refractivity contribution in [2.75, 3.05) is 4.90 Å². The fourth-order valence-electron chi connectivity index (χ4n) is 4.53. The van der Waals surface area contributed by atoms with Gasteiger partial charge in [0.25, 0.3) is 0 Å². The van der Waals surface area contributed by atoms with Crippen molar-refractivity contribution in [2.45, 2.75) is 35.1 Å². The molecule has 3 aromatic carbocycles. The van der Waals surface area contributed by atoms with E-state index in [4.69, 9.17) is 0 Å². The van der Waals surface area contributed by atoms with Crippen LogP contribution in [0.3, 0.4) is 0 Å². The first-order chi connectivity index (χ1) is 16.6. The number of anilines is 1. The Labute approximate surface area is 202 Å². The largest absolute Gasteiger partial charge is 0.338 e. The zero-order valence-electron chi connectivity index (χ0n) is 18.9. The van der Waals surface area contributed by atoms with E-state index in [1.165, 1.54) is 11.4 Å². The summed E-state index contributed by atoms with van der Waals surface area (Å²) in [4.78, 5) is 3.06. The van der Waals surface area contributed by atoms with Crippen LogP contribution in [0.1, 0.15) is 24.8 Å². The first-order valence-corrected chi connectivity index (χ1v) is 13.1. The minimum absolute atomic E-state index is 0.238. The first-order valence-electron chi connectivity index (χ1n) is 11.6. The number of hydrogen-bond acceptors (Lipinski definition) is 3. The molecule has 170 valence electrons. The number of sulfone groups is 1. The molecule has 1 atom stereocenters. The topological polar surface area (TPSA) is 37.4 Å². The van der Waals surface area contributed by atoms with Crippen LogP contribution in [0.15, 0.2) is 137 Å². The normalized spacial score (nSPS) is 17.7. The van der Waals surface area contributed by atoms with Crippen molar-refractivity contribution in [2.24, 2.45) is 0 Å². The first kappa shape index (κ1) is 22.2. The maximum absolute atomic E-state index is 12.9. The number of nitrogens with zero attached hydrogens (tertiary/aromatic N) is 1. The maximum Gasteiger partial charge on any atom is 0.206 e. The number of rotatable bonds is 6. The maximum atomic E-state index is 12.9. The van der Waals surface area contributed by atoms with E-state index < -0.39 is 9.84 Å². The summed E-state index contributed by atoms with van der Waals surface area (Å²) >= 11 is 0. The summed E-state index contributed by atoms with van der Waals surface area (Å²) in [5.74, 6) is 0. The van der Waals surface area contributed by atoms with Crippen LogP contribution >= 0.6 is 0 Å². The van der Waals surface area contributed by atoms with Crippen LogP contribution in [0, 0.1) is 0 Å². The highest BCUT2D eigenvalue weighted by Crippen LogP contribution is 2.32. The van der Waals surface area contributed by atoms with Gasteiger partial charge in [-0.15, -0.1) is 0 Å². The second-order valence-corrected chi connectivity index (χ2v) is 10.4. The van der Waals surface area contributed by atoms with E-state index in [-0.39, 0.29) is 6.04 Å².